The van der Waals surface area contributed by atoms with Crippen molar-refractivity contribution in [2.75, 3.05) is 55.5 Å². The summed E-state index contributed by atoms with van der Waals surface area (Å²) in [6, 6.07) is 11.4. The molecule has 1 saturated heterocycles. The van der Waals surface area contributed by atoms with Gasteiger partial charge in [0.05, 0.1) is 24.8 Å². The maximum absolute atomic E-state index is 13.2. The van der Waals surface area contributed by atoms with E-state index >= 15 is 0 Å². The SMILES string of the molecule is COc1ccc(Nc2ncnc(N3CCN(c4ccc(F)cc4)CC3)c2[N+](=O)[O-])c(OC)c1. The predicted molar refractivity (Wildman–Crippen MR) is 122 cm³/mol. The van der Waals surface area contributed by atoms with Crippen molar-refractivity contribution in [3.63, 3.8) is 0 Å². The molecule has 10 nitrogen and oxygen atoms in total. The van der Waals surface area contributed by atoms with Crippen LogP contribution in [0.15, 0.2) is 48.8 Å². The monoisotopic (exact) mass is 454 g/mol. The van der Waals surface area contributed by atoms with E-state index in [1.807, 2.05) is 4.90 Å². The minimum atomic E-state index is -0.486. The molecule has 0 unspecified atom stereocenters. The molecule has 33 heavy (non-hydrogen) atoms. The van der Waals surface area contributed by atoms with Crippen molar-refractivity contribution in [3.8, 4) is 11.5 Å². The molecular weight excluding hydrogens is 431 g/mol. The van der Waals surface area contributed by atoms with Gasteiger partial charge in [-0.1, -0.05) is 0 Å². The average Bonchev–Trinajstić information content (AvgIpc) is 2.84. The normalized spacial score (nSPS) is 13.5. The summed E-state index contributed by atoms with van der Waals surface area (Å²) < 4.78 is 23.8. The lowest BCUT2D eigenvalue weighted by Gasteiger charge is -2.36. The Kier molecular flexibility index (Phi) is 6.38. The number of halogens is 1. The highest BCUT2D eigenvalue weighted by Crippen LogP contribution is 2.37. The van der Waals surface area contributed by atoms with E-state index in [0.29, 0.717) is 43.4 Å². The van der Waals surface area contributed by atoms with Gasteiger partial charge in [0.2, 0.25) is 11.6 Å². The summed E-state index contributed by atoms with van der Waals surface area (Å²) >= 11 is 0. The second-order valence-corrected chi connectivity index (χ2v) is 7.29. The molecule has 0 atom stereocenters. The van der Waals surface area contributed by atoms with Gasteiger partial charge < -0.3 is 24.6 Å². The fourth-order valence-electron chi connectivity index (χ4n) is 3.72. The summed E-state index contributed by atoms with van der Waals surface area (Å²) in [7, 11) is 3.04. The minimum Gasteiger partial charge on any atom is -0.497 e. The molecule has 1 fully saturated rings. The Bertz CT molecular complexity index is 1140. The van der Waals surface area contributed by atoms with E-state index in [9.17, 15) is 14.5 Å². The maximum Gasteiger partial charge on any atom is 0.353 e. The van der Waals surface area contributed by atoms with Crippen LogP contribution in [0.4, 0.5) is 33.1 Å². The molecule has 0 saturated carbocycles. The highest BCUT2D eigenvalue weighted by molar-refractivity contribution is 5.77. The molecular formula is C22H23FN6O4. The van der Waals surface area contributed by atoms with Crippen LogP contribution < -0.4 is 24.6 Å². The zero-order chi connectivity index (χ0) is 23.4. The van der Waals surface area contributed by atoms with Crippen LogP contribution >= 0.6 is 0 Å². The van der Waals surface area contributed by atoms with Gasteiger partial charge in [0.1, 0.15) is 23.6 Å². The zero-order valence-corrected chi connectivity index (χ0v) is 18.2. The number of ether oxygens (including phenoxy) is 2. The Labute approximate surface area is 189 Å². The number of nitro groups is 1. The standard InChI is InChI=1S/C22H23FN6O4/c1-32-17-7-8-18(19(13-17)33-2)26-21-20(29(30)31)22(25-14-24-21)28-11-9-27(10-12-28)16-5-3-15(23)4-6-16/h3-8,13-14H,9-12H2,1-2H3,(H,24,25,26). The third kappa shape index (κ3) is 4.71. The minimum absolute atomic E-state index is 0.0643. The number of anilines is 4. The number of rotatable bonds is 7. The third-order valence-electron chi connectivity index (χ3n) is 5.42. The lowest BCUT2D eigenvalue weighted by atomic mass is 10.2. The molecule has 1 aliphatic heterocycles. The van der Waals surface area contributed by atoms with E-state index in [-0.39, 0.29) is 23.1 Å². The number of benzene rings is 2. The van der Waals surface area contributed by atoms with Crippen molar-refractivity contribution in [2.45, 2.75) is 0 Å². The summed E-state index contributed by atoms with van der Waals surface area (Å²) in [5.41, 5.74) is 1.19. The molecule has 172 valence electrons. The maximum atomic E-state index is 13.2. The molecule has 4 rings (SSSR count). The topological polar surface area (TPSA) is 106 Å². The number of nitrogens with zero attached hydrogens (tertiary/aromatic N) is 5. The van der Waals surface area contributed by atoms with E-state index in [2.05, 4.69) is 20.2 Å². The third-order valence-corrected chi connectivity index (χ3v) is 5.42. The first-order valence-corrected chi connectivity index (χ1v) is 10.2. The summed E-state index contributed by atoms with van der Waals surface area (Å²) in [5.74, 6) is 1.06. The molecule has 1 N–H and O–H groups in total. The fraction of sp³-hybridized carbons (Fsp3) is 0.273. The van der Waals surface area contributed by atoms with Crippen LogP contribution in [0.3, 0.4) is 0 Å². The van der Waals surface area contributed by atoms with E-state index < -0.39 is 4.92 Å². The predicted octanol–water partition coefficient (Wildman–Crippen LogP) is 3.61. The van der Waals surface area contributed by atoms with Gasteiger partial charge in [0.25, 0.3) is 0 Å². The van der Waals surface area contributed by atoms with Crippen LogP contribution in [0.25, 0.3) is 0 Å². The van der Waals surface area contributed by atoms with Crippen molar-refractivity contribution in [3.05, 3.63) is 64.7 Å². The highest BCUT2D eigenvalue weighted by atomic mass is 19.1. The summed E-state index contributed by atoms with van der Waals surface area (Å²) in [4.78, 5) is 23.8. The number of aromatic nitrogens is 2. The second kappa shape index (κ2) is 9.55. The first kappa shape index (κ1) is 22.1. The molecule has 0 amide bonds. The number of methoxy groups -OCH3 is 2. The molecule has 1 aromatic heterocycles. The smallest absolute Gasteiger partial charge is 0.353 e. The van der Waals surface area contributed by atoms with Gasteiger partial charge in [-0.25, -0.2) is 14.4 Å². The molecule has 0 spiro atoms. The van der Waals surface area contributed by atoms with Gasteiger partial charge in [-0.3, -0.25) is 10.1 Å². The van der Waals surface area contributed by atoms with Crippen LogP contribution in [0.1, 0.15) is 0 Å². The number of hydrogen-bond donors (Lipinski definition) is 1. The van der Waals surface area contributed by atoms with E-state index in [4.69, 9.17) is 9.47 Å². The Morgan fingerprint density at radius 3 is 2.33 bits per heavy atom. The first-order chi connectivity index (χ1) is 16.0. The Hall–Kier alpha value is -4.15. The van der Waals surface area contributed by atoms with Crippen molar-refractivity contribution in [1.29, 1.82) is 0 Å². The quantitative estimate of drug-likeness (QED) is 0.423. The second-order valence-electron chi connectivity index (χ2n) is 7.29. The van der Waals surface area contributed by atoms with Crippen LogP contribution in [0, 0.1) is 15.9 Å². The zero-order valence-electron chi connectivity index (χ0n) is 18.2. The van der Waals surface area contributed by atoms with Gasteiger partial charge >= 0.3 is 5.69 Å². The molecule has 0 bridgehead atoms. The van der Waals surface area contributed by atoms with Crippen molar-refractivity contribution < 1.29 is 18.8 Å². The molecule has 11 heteroatoms. The lowest BCUT2D eigenvalue weighted by Crippen LogP contribution is -2.47. The van der Waals surface area contributed by atoms with Crippen molar-refractivity contribution in [1.82, 2.24) is 9.97 Å². The highest BCUT2D eigenvalue weighted by Gasteiger charge is 2.30. The van der Waals surface area contributed by atoms with E-state index in [0.717, 1.165) is 5.69 Å². The van der Waals surface area contributed by atoms with Crippen molar-refractivity contribution in [2.24, 2.45) is 0 Å². The summed E-state index contributed by atoms with van der Waals surface area (Å²) in [6.45, 7) is 2.25. The fourth-order valence-corrected chi connectivity index (χ4v) is 3.72. The molecule has 1 aliphatic rings. The Morgan fingerprint density at radius 1 is 1.00 bits per heavy atom. The van der Waals surface area contributed by atoms with Gasteiger partial charge in [-0.15, -0.1) is 0 Å². The Morgan fingerprint density at radius 2 is 1.70 bits per heavy atom. The molecule has 0 radical (unpaired) electrons. The lowest BCUT2D eigenvalue weighted by molar-refractivity contribution is -0.383. The largest absolute Gasteiger partial charge is 0.497 e. The van der Waals surface area contributed by atoms with Crippen LogP contribution in [0.5, 0.6) is 11.5 Å². The van der Waals surface area contributed by atoms with Gasteiger partial charge in [-0.2, -0.15) is 0 Å². The van der Waals surface area contributed by atoms with Gasteiger partial charge in [0.15, 0.2) is 0 Å². The van der Waals surface area contributed by atoms with Gasteiger partial charge in [-0.05, 0) is 36.4 Å². The number of hydrogen-bond acceptors (Lipinski definition) is 9. The summed E-state index contributed by atoms with van der Waals surface area (Å²) in [5, 5.41) is 15.0. The average molecular weight is 454 g/mol. The van der Waals surface area contributed by atoms with Crippen molar-refractivity contribution >= 4 is 28.7 Å². The van der Waals surface area contributed by atoms with Crippen LogP contribution in [0.2, 0.25) is 0 Å². The van der Waals surface area contributed by atoms with Gasteiger partial charge in [0, 0.05) is 37.9 Å². The van der Waals surface area contributed by atoms with E-state index in [1.165, 1.54) is 25.6 Å². The molecule has 3 aromatic rings. The molecule has 0 aliphatic carbocycles. The number of piperazine rings is 1. The Balaban J connectivity index is 1.57. The molecule has 2 heterocycles. The summed E-state index contributed by atoms with van der Waals surface area (Å²) in [6.07, 6.45) is 1.30. The van der Waals surface area contributed by atoms with Crippen LogP contribution in [-0.2, 0) is 0 Å². The number of nitrogens with one attached hydrogen (secondary N) is 1. The first-order valence-electron chi connectivity index (χ1n) is 10.2. The van der Waals surface area contributed by atoms with E-state index in [1.54, 1.807) is 37.4 Å². The molecule has 2 aromatic carbocycles. The van der Waals surface area contributed by atoms with Crippen LogP contribution in [-0.4, -0.2) is 55.3 Å².